The number of nitrogens with two attached hydrogens (primary N) is 1. The highest BCUT2D eigenvalue weighted by Gasteiger charge is 2.25. The maximum Gasteiger partial charge on any atom is 0.187 e. The van der Waals surface area contributed by atoms with Crippen LogP contribution in [-0.2, 0) is 0 Å². The zero-order chi connectivity index (χ0) is 11.4. The van der Waals surface area contributed by atoms with Crippen LogP contribution in [0.1, 0.15) is 31.2 Å². The first-order valence-corrected chi connectivity index (χ1v) is 6.83. The van der Waals surface area contributed by atoms with Gasteiger partial charge < -0.3 is 5.73 Å². The molecular formula is C12H19N3S. The van der Waals surface area contributed by atoms with Crippen LogP contribution in [0.25, 0.3) is 0 Å². The Kier molecular flexibility index (Phi) is 4.18. The third-order valence-corrected chi connectivity index (χ3v) is 4.50. The number of nitrogens with zero attached hydrogens (tertiary/aromatic N) is 2. The second-order valence-electron chi connectivity index (χ2n) is 4.48. The van der Waals surface area contributed by atoms with Crippen molar-refractivity contribution in [1.82, 2.24) is 9.97 Å². The summed E-state index contributed by atoms with van der Waals surface area (Å²) in [7, 11) is 0. The standard InChI is InChI=1S/C12H19N3S/c1-9-7-14-12(15-8-9)16-11-5-3-2-4-10(11)6-13/h7-8,10-11H,2-6,13H2,1H3. The van der Waals surface area contributed by atoms with Gasteiger partial charge in [-0.1, -0.05) is 24.6 Å². The summed E-state index contributed by atoms with van der Waals surface area (Å²) in [5.74, 6) is 0.642. The molecule has 1 saturated carbocycles. The first-order chi connectivity index (χ1) is 7.79. The van der Waals surface area contributed by atoms with Crippen molar-refractivity contribution in [3.05, 3.63) is 18.0 Å². The SMILES string of the molecule is Cc1cnc(SC2CCCCC2CN)nc1. The topological polar surface area (TPSA) is 51.8 Å². The molecule has 0 spiro atoms. The molecule has 0 bridgehead atoms. The molecule has 1 fully saturated rings. The van der Waals surface area contributed by atoms with E-state index >= 15 is 0 Å². The third kappa shape index (κ3) is 2.95. The minimum atomic E-state index is 0.612. The summed E-state index contributed by atoms with van der Waals surface area (Å²) in [4.78, 5) is 8.70. The van der Waals surface area contributed by atoms with Gasteiger partial charge in [0.15, 0.2) is 5.16 Å². The summed E-state index contributed by atoms with van der Waals surface area (Å²) in [5.41, 5.74) is 6.93. The first kappa shape index (κ1) is 11.9. The number of aromatic nitrogens is 2. The van der Waals surface area contributed by atoms with Crippen molar-refractivity contribution in [2.24, 2.45) is 11.7 Å². The maximum atomic E-state index is 5.82. The Morgan fingerprint density at radius 3 is 2.69 bits per heavy atom. The highest BCUT2D eigenvalue weighted by molar-refractivity contribution is 7.99. The Hall–Kier alpha value is -0.610. The predicted molar refractivity (Wildman–Crippen MR) is 67.4 cm³/mol. The lowest BCUT2D eigenvalue weighted by molar-refractivity contribution is 0.378. The fourth-order valence-corrected chi connectivity index (χ4v) is 3.40. The highest BCUT2D eigenvalue weighted by Crippen LogP contribution is 2.35. The Bertz CT molecular complexity index is 326. The van der Waals surface area contributed by atoms with E-state index in [1.807, 2.05) is 19.3 Å². The van der Waals surface area contributed by atoms with Crippen molar-refractivity contribution in [3.8, 4) is 0 Å². The summed E-state index contributed by atoms with van der Waals surface area (Å²) >= 11 is 1.80. The molecule has 2 unspecified atom stereocenters. The molecule has 1 aromatic heterocycles. The van der Waals surface area contributed by atoms with E-state index < -0.39 is 0 Å². The van der Waals surface area contributed by atoms with E-state index in [9.17, 15) is 0 Å². The lowest BCUT2D eigenvalue weighted by atomic mass is 9.89. The number of rotatable bonds is 3. The number of aryl methyl sites for hydroxylation is 1. The van der Waals surface area contributed by atoms with Crippen LogP contribution in [0, 0.1) is 12.8 Å². The van der Waals surface area contributed by atoms with Gasteiger partial charge >= 0.3 is 0 Å². The average molecular weight is 237 g/mol. The van der Waals surface area contributed by atoms with Crippen LogP contribution in [0.3, 0.4) is 0 Å². The van der Waals surface area contributed by atoms with Crippen LogP contribution < -0.4 is 5.73 Å². The molecule has 2 N–H and O–H groups in total. The van der Waals surface area contributed by atoms with Crippen molar-refractivity contribution >= 4 is 11.8 Å². The fraction of sp³-hybridized carbons (Fsp3) is 0.667. The minimum Gasteiger partial charge on any atom is -0.330 e. The molecule has 1 aliphatic carbocycles. The van der Waals surface area contributed by atoms with Crippen molar-refractivity contribution in [1.29, 1.82) is 0 Å². The molecular weight excluding hydrogens is 218 g/mol. The van der Waals surface area contributed by atoms with Crippen LogP contribution in [0.4, 0.5) is 0 Å². The van der Waals surface area contributed by atoms with Gasteiger partial charge in [0, 0.05) is 17.6 Å². The molecule has 0 radical (unpaired) electrons. The Morgan fingerprint density at radius 2 is 2.00 bits per heavy atom. The molecule has 2 rings (SSSR count). The van der Waals surface area contributed by atoms with E-state index in [0.717, 1.165) is 17.3 Å². The second kappa shape index (κ2) is 5.64. The van der Waals surface area contributed by atoms with Crippen molar-refractivity contribution in [3.63, 3.8) is 0 Å². The van der Waals surface area contributed by atoms with Gasteiger partial charge in [-0.15, -0.1) is 0 Å². The number of hydrogen-bond donors (Lipinski definition) is 1. The molecule has 0 aromatic carbocycles. The van der Waals surface area contributed by atoms with E-state index in [1.165, 1.54) is 25.7 Å². The van der Waals surface area contributed by atoms with E-state index in [1.54, 1.807) is 11.8 Å². The summed E-state index contributed by atoms with van der Waals surface area (Å²) in [5, 5.41) is 1.51. The Balaban J connectivity index is 1.99. The van der Waals surface area contributed by atoms with Crippen LogP contribution in [0.2, 0.25) is 0 Å². The van der Waals surface area contributed by atoms with E-state index in [4.69, 9.17) is 5.73 Å². The van der Waals surface area contributed by atoms with Crippen LogP contribution in [0.15, 0.2) is 17.6 Å². The largest absolute Gasteiger partial charge is 0.330 e. The van der Waals surface area contributed by atoms with E-state index in [0.29, 0.717) is 11.2 Å². The molecule has 0 amide bonds. The van der Waals surface area contributed by atoms with Gasteiger partial charge in [0.1, 0.15) is 0 Å². The predicted octanol–water partition coefficient (Wildman–Crippen LogP) is 2.39. The molecule has 88 valence electrons. The normalized spacial score (nSPS) is 25.6. The molecule has 0 saturated heterocycles. The molecule has 1 heterocycles. The number of hydrogen-bond acceptors (Lipinski definition) is 4. The monoisotopic (exact) mass is 237 g/mol. The smallest absolute Gasteiger partial charge is 0.187 e. The van der Waals surface area contributed by atoms with Crippen LogP contribution in [-0.4, -0.2) is 21.8 Å². The van der Waals surface area contributed by atoms with Crippen LogP contribution >= 0.6 is 11.8 Å². The molecule has 4 heteroatoms. The molecule has 1 aromatic rings. The van der Waals surface area contributed by atoms with Gasteiger partial charge in [-0.25, -0.2) is 9.97 Å². The first-order valence-electron chi connectivity index (χ1n) is 5.95. The van der Waals surface area contributed by atoms with E-state index in [-0.39, 0.29) is 0 Å². The van der Waals surface area contributed by atoms with Gasteiger partial charge in [0.2, 0.25) is 0 Å². The van der Waals surface area contributed by atoms with Crippen molar-refractivity contribution in [2.75, 3.05) is 6.54 Å². The highest BCUT2D eigenvalue weighted by atomic mass is 32.2. The molecule has 2 atom stereocenters. The van der Waals surface area contributed by atoms with Crippen molar-refractivity contribution in [2.45, 2.75) is 43.0 Å². The quantitative estimate of drug-likeness (QED) is 0.820. The molecule has 3 nitrogen and oxygen atoms in total. The van der Waals surface area contributed by atoms with Gasteiger partial charge in [-0.3, -0.25) is 0 Å². The van der Waals surface area contributed by atoms with Gasteiger partial charge in [-0.2, -0.15) is 0 Å². The number of thioether (sulfide) groups is 1. The maximum absolute atomic E-state index is 5.82. The van der Waals surface area contributed by atoms with Crippen molar-refractivity contribution < 1.29 is 0 Å². The molecule has 16 heavy (non-hydrogen) atoms. The average Bonchev–Trinajstić information content (AvgIpc) is 2.33. The molecule has 0 aliphatic heterocycles. The third-order valence-electron chi connectivity index (χ3n) is 3.16. The summed E-state index contributed by atoms with van der Waals surface area (Å²) in [6.45, 7) is 2.81. The summed E-state index contributed by atoms with van der Waals surface area (Å²) in [6.07, 6.45) is 8.93. The summed E-state index contributed by atoms with van der Waals surface area (Å²) < 4.78 is 0. The lowest BCUT2D eigenvalue weighted by Crippen LogP contribution is -2.28. The lowest BCUT2D eigenvalue weighted by Gasteiger charge is -2.29. The zero-order valence-corrected chi connectivity index (χ0v) is 10.5. The molecule has 1 aliphatic rings. The minimum absolute atomic E-state index is 0.612. The van der Waals surface area contributed by atoms with Crippen LogP contribution in [0.5, 0.6) is 0 Å². The Morgan fingerprint density at radius 1 is 1.31 bits per heavy atom. The fourth-order valence-electron chi connectivity index (χ4n) is 2.18. The van der Waals surface area contributed by atoms with Gasteiger partial charge in [0.25, 0.3) is 0 Å². The van der Waals surface area contributed by atoms with Gasteiger partial charge in [-0.05, 0) is 37.8 Å². The second-order valence-corrected chi connectivity index (χ2v) is 5.69. The zero-order valence-electron chi connectivity index (χ0n) is 9.72. The summed E-state index contributed by atoms with van der Waals surface area (Å²) in [6, 6.07) is 0. The van der Waals surface area contributed by atoms with E-state index in [2.05, 4.69) is 9.97 Å². The Labute approximate surface area is 101 Å². The van der Waals surface area contributed by atoms with Gasteiger partial charge in [0.05, 0.1) is 0 Å².